The molecule has 0 spiro atoms. The highest BCUT2D eigenvalue weighted by Gasteiger charge is 2.36. The van der Waals surface area contributed by atoms with Crippen molar-refractivity contribution < 1.29 is 9.90 Å². The van der Waals surface area contributed by atoms with Crippen LogP contribution in [0.5, 0.6) is 0 Å². The lowest BCUT2D eigenvalue weighted by Gasteiger charge is -2.37. The molecule has 114 valence electrons. The molecule has 0 aromatic heterocycles. The molecule has 5 heteroatoms. The Labute approximate surface area is 121 Å². The largest absolute Gasteiger partial charge is 0.393 e. The first-order valence-corrected chi connectivity index (χ1v) is 8.20. The lowest BCUT2D eigenvalue weighted by Crippen LogP contribution is -2.45. The second-order valence-electron chi connectivity index (χ2n) is 6.48. The fourth-order valence-electron chi connectivity index (χ4n) is 4.18. The summed E-state index contributed by atoms with van der Waals surface area (Å²) in [6.45, 7) is 4.53. The van der Waals surface area contributed by atoms with Crippen LogP contribution in [0.2, 0.25) is 0 Å². The quantitative estimate of drug-likeness (QED) is 0.809. The van der Waals surface area contributed by atoms with Gasteiger partial charge in [-0.15, -0.1) is 0 Å². The van der Waals surface area contributed by atoms with Gasteiger partial charge in [0.15, 0.2) is 0 Å². The monoisotopic (exact) mass is 281 g/mol. The molecule has 0 aromatic rings. The SMILES string of the molecule is O=C1NCCN1CCN1CCCC1C1CCCCC1O. The van der Waals surface area contributed by atoms with Gasteiger partial charge in [0.25, 0.3) is 0 Å². The molecule has 2 heterocycles. The van der Waals surface area contributed by atoms with Crippen LogP contribution in [0.25, 0.3) is 0 Å². The molecular weight excluding hydrogens is 254 g/mol. The van der Waals surface area contributed by atoms with E-state index in [2.05, 4.69) is 10.2 Å². The number of aliphatic hydroxyl groups is 1. The van der Waals surface area contributed by atoms with Gasteiger partial charge < -0.3 is 15.3 Å². The minimum Gasteiger partial charge on any atom is -0.393 e. The van der Waals surface area contributed by atoms with Crippen LogP contribution >= 0.6 is 0 Å². The summed E-state index contributed by atoms with van der Waals surface area (Å²) in [5.74, 6) is 0.457. The molecule has 1 saturated carbocycles. The fourth-order valence-corrected chi connectivity index (χ4v) is 4.18. The molecule has 2 N–H and O–H groups in total. The van der Waals surface area contributed by atoms with Crippen LogP contribution in [-0.2, 0) is 0 Å². The van der Waals surface area contributed by atoms with Crippen LogP contribution in [0.1, 0.15) is 38.5 Å². The fraction of sp³-hybridized carbons (Fsp3) is 0.933. The molecule has 1 aliphatic carbocycles. The average Bonchev–Trinajstić information content (AvgIpc) is 3.06. The van der Waals surface area contributed by atoms with E-state index < -0.39 is 0 Å². The second kappa shape index (κ2) is 6.31. The van der Waals surface area contributed by atoms with Crippen molar-refractivity contribution in [2.45, 2.75) is 50.7 Å². The number of aliphatic hydroxyl groups excluding tert-OH is 1. The maximum atomic E-state index is 11.6. The first kappa shape index (κ1) is 14.1. The van der Waals surface area contributed by atoms with E-state index in [0.717, 1.165) is 39.1 Å². The lowest BCUT2D eigenvalue weighted by atomic mass is 9.80. The molecule has 0 radical (unpaired) electrons. The number of rotatable bonds is 4. The van der Waals surface area contributed by atoms with E-state index in [-0.39, 0.29) is 12.1 Å². The average molecular weight is 281 g/mol. The highest BCUT2D eigenvalue weighted by molar-refractivity contribution is 5.76. The topological polar surface area (TPSA) is 55.8 Å². The molecular formula is C15H27N3O2. The van der Waals surface area contributed by atoms with Gasteiger partial charge in [-0.05, 0) is 32.2 Å². The first-order valence-electron chi connectivity index (χ1n) is 8.20. The normalized spacial score (nSPS) is 35.5. The summed E-state index contributed by atoms with van der Waals surface area (Å²) < 4.78 is 0. The van der Waals surface area contributed by atoms with Crippen LogP contribution in [0.15, 0.2) is 0 Å². The van der Waals surface area contributed by atoms with E-state index in [0.29, 0.717) is 12.0 Å². The van der Waals surface area contributed by atoms with E-state index in [1.54, 1.807) is 0 Å². The van der Waals surface area contributed by atoms with Gasteiger partial charge >= 0.3 is 6.03 Å². The third kappa shape index (κ3) is 2.93. The smallest absolute Gasteiger partial charge is 0.317 e. The zero-order chi connectivity index (χ0) is 13.9. The molecule has 2 amide bonds. The zero-order valence-electron chi connectivity index (χ0n) is 12.3. The van der Waals surface area contributed by atoms with Crippen LogP contribution in [0.4, 0.5) is 4.79 Å². The number of likely N-dealkylation sites (tertiary alicyclic amines) is 1. The maximum Gasteiger partial charge on any atom is 0.317 e. The minimum absolute atomic E-state index is 0.0819. The lowest BCUT2D eigenvalue weighted by molar-refractivity contribution is 0.0210. The van der Waals surface area contributed by atoms with Crippen LogP contribution in [-0.4, -0.2) is 65.8 Å². The third-order valence-electron chi connectivity index (χ3n) is 5.29. The molecule has 5 nitrogen and oxygen atoms in total. The van der Waals surface area contributed by atoms with E-state index >= 15 is 0 Å². The number of carbonyl (C=O) groups excluding carboxylic acids is 1. The number of hydrogen-bond donors (Lipinski definition) is 2. The Morgan fingerprint density at radius 1 is 1.10 bits per heavy atom. The predicted molar refractivity (Wildman–Crippen MR) is 77.5 cm³/mol. The van der Waals surface area contributed by atoms with Gasteiger partial charge in [-0.1, -0.05) is 12.8 Å². The predicted octanol–water partition coefficient (Wildman–Crippen LogP) is 1.03. The summed E-state index contributed by atoms with van der Waals surface area (Å²) in [7, 11) is 0. The Balaban J connectivity index is 1.53. The van der Waals surface area contributed by atoms with E-state index in [1.165, 1.54) is 32.1 Å². The van der Waals surface area contributed by atoms with Crippen molar-refractivity contribution in [3.63, 3.8) is 0 Å². The van der Waals surface area contributed by atoms with E-state index in [9.17, 15) is 9.90 Å². The van der Waals surface area contributed by atoms with Crippen LogP contribution in [0.3, 0.4) is 0 Å². The molecule has 3 unspecified atom stereocenters. The van der Waals surface area contributed by atoms with Gasteiger partial charge in [0.1, 0.15) is 0 Å². The van der Waals surface area contributed by atoms with Gasteiger partial charge in [-0.25, -0.2) is 4.79 Å². The van der Waals surface area contributed by atoms with Gasteiger partial charge in [0.2, 0.25) is 0 Å². The van der Waals surface area contributed by atoms with Gasteiger partial charge in [-0.3, -0.25) is 4.90 Å². The highest BCUT2D eigenvalue weighted by Crippen LogP contribution is 2.34. The van der Waals surface area contributed by atoms with Gasteiger partial charge in [0.05, 0.1) is 6.10 Å². The molecule has 2 saturated heterocycles. The number of carbonyl (C=O) groups is 1. The van der Waals surface area contributed by atoms with Crippen LogP contribution < -0.4 is 5.32 Å². The molecule has 3 rings (SSSR count). The van der Waals surface area contributed by atoms with Gasteiger partial charge in [0, 0.05) is 38.1 Å². The first-order chi connectivity index (χ1) is 9.75. The molecule has 3 fully saturated rings. The summed E-state index contributed by atoms with van der Waals surface area (Å²) >= 11 is 0. The molecule has 3 atom stereocenters. The van der Waals surface area contributed by atoms with Crippen molar-refractivity contribution in [3.8, 4) is 0 Å². The van der Waals surface area contributed by atoms with Crippen molar-refractivity contribution in [1.29, 1.82) is 0 Å². The molecule has 3 aliphatic rings. The standard InChI is InChI=1S/C15H27N3O2/c19-14-6-2-1-4-12(14)13-5-3-8-17(13)10-11-18-9-7-16-15(18)20/h12-14,19H,1-11H2,(H,16,20). The van der Waals surface area contributed by atoms with Gasteiger partial charge in [-0.2, -0.15) is 0 Å². The Bertz CT molecular complexity index is 350. The number of amides is 2. The summed E-state index contributed by atoms with van der Waals surface area (Å²) in [4.78, 5) is 16.0. The second-order valence-corrected chi connectivity index (χ2v) is 6.48. The number of nitrogens with one attached hydrogen (secondary N) is 1. The van der Waals surface area contributed by atoms with E-state index in [4.69, 9.17) is 0 Å². The Morgan fingerprint density at radius 3 is 2.70 bits per heavy atom. The highest BCUT2D eigenvalue weighted by atomic mass is 16.3. The van der Waals surface area contributed by atoms with E-state index in [1.807, 2.05) is 4.90 Å². The Hall–Kier alpha value is -0.810. The minimum atomic E-state index is -0.107. The zero-order valence-corrected chi connectivity index (χ0v) is 12.3. The number of nitrogens with zero attached hydrogens (tertiary/aromatic N) is 2. The van der Waals surface area contributed by atoms with Crippen LogP contribution in [0, 0.1) is 5.92 Å². The Morgan fingerprint density at radius 2 is 1.95 bits per heavy atom. The van der Waals surface area contributed by atoms with Crippen molar-refractivity contribution in [3.05, 3.63) is 0 Å². The third-order valence-corrected chi connectivity index (χ3v) is 5.29. The van der Waals surface area contributed by atoms with Crippen molar-refractivity contribution in [2.24, 2.45) is 5.92 Å². The molecule has 0 bridgehead atoms. The molecule has 0 aromatic carbocycles. The summed E-state index contributed by atoms with van der Waals surface area (Å²) in [6, 6.07) is 0.620. The summed E-state index contributed by atoms with van der Waals surface area (Å²) in [5, 5.41) is 13.1. The van der Waals surface area contributed by atoms with Crippen molar-refractivity contribution >= 4 is 6.03 Å². The summed E-state index contributed by atoms with van der Waals surface area (Å²) in [5.41, 5.74) is 0. The van der Waals surface area contributed by atoms with Crippen molar-refractivity contribution in [1.82, 2.24) is 15.1 Å². The summed E-state index contributed by atoms with van der Waals surface area (Å²) in [6.07, 6.45) is 6.94. The molecule has 2 aliphatic heterocycles. The van der Waals surface area contributed by atoms with Crippen molar-refractivity contribution in [2.75, 3.05) is 32.7 Å². The number of urea groups is 1. The Kier molecular flexibility index (Phi) is 4.46. The maximum absolute atomic E-state index is 11.6. The number of hydrogen-bond acceptors (Lipinski definition) is 3. The molecule has 20 heavy (non-hydrogen) atoms.